The fourth-order valence-electron chi connectivity index (χ4n) is 3.09. The molecule has 0 aromatic heterocycles. The van der Waals surface area contributed by atoms with Crippen LogP contribution in [-0.2, 0) is 14.3 Å². The van der Waals surface area contributed by atoms with Gasteiger partial charge in [-0.25, -0.2) is 9.59 Å². The molecule has 33 heavy (non-hydrogen) atoms. The van der Waals surface area contributed by atoms with Crippen LogP contribution in [0.4, 0.5) is 5.69 Å². The Bertz CT molecular complexity index is 1170. The lowest BCUT2D eigenvalue weighted by molar-refractivity contribution is -0.145. The molecule has 1 N–H and O–H groups in total. The van der Waals surface area contributed by atoms with Crippen molar-refractivity contribution in [3.05, 3.63) is 56.7 Å². The minimum Gasteiger partial charge on any atom is -0.493 e. The minimum atomic E-state index is -1.09. The molecule has 9 nitrogen and oxygen atoms in total. The quantitative estimate of drug-likeness (QED) is 0.295. The summed E-state index contributed by atoms with van der Waals surface area (Å²) in [6.45, 7) is 3.42. The third-order valence-corrected chi connectivity index (χ3v) is 5.40. The lowest BCUT2D eigenvalue weighted by Gasteiger charge is -2.14. The first-order chi connectivity index (χ1) is 15.7. The van der Waals surface area contributed by atoms with E-state index in [1.807, 2.05) is 0 Å². The number of carboxylic acids is 1. The summed E-state index contributed by atoms with van der Waals surface area (Å²) in [5.74, 6) is -1.18. The van der Waals surface area contributed by atoms with E-state index in [1.165, 1.54) is 24.3 Å². The fraction of sp³-hybridized carbons (Fsp3) is 0.217. The van der Waals surface area contributed by atoms with E-state index in [0.717, 1.165) is 0 Å². The van der Waals surface area contributed by atoms with Gasteiger partial charge < -0.3 is 19.3 Å². The maximum Gasteiger partial charge on any atom is 0.344 e. The highest BCUT2D eigenvalue weighted by Crippen LogP contribution is 2.35. The van der Waals surface area contributed by atoms with Crippen molar-refractivity contribution < 1.29 is 33.7 Å². The highest BCUT2D eigenvalue weighted by atomic mass is 127. The molecule has 0 unspecified atom stereocenters. The van der Waals surface area contributed by atoms with Crippen molar-refractivity contribution in [1.29, 1.82) is 0 Å². The number of carbonyl (C=O) groups is 3. The van der Waals surface area contributed by atoms with Gasteiger partial charge in [0.1, 0.15) is 0 Å². The number of rotatable bonds is 8. The van der Waals surface area contributed by atoms with Crippen LogP contribution in [0.5, 0.6) is 11.5 Å². The molecule has 0 saturated carbocycles. The third-order valence-electron chi connectivity index (χ3n) is 4.60. The number of esters is 1. The Labute approximate surface area is 203 Å². The molecule has 1 aliphatic heterocycles. The molecule has 0 bridgehead atoms. The van der Waals surface area contributed by atoms with Crippen LogP contribution < -0.4 is 14.5 Å². The van der Waals surface area contributed by atoms with Gasteiger partial charge in [0.2, 0.25) is 0 Å². The van der Waals surface area contributed by atoms with Gasteiger partial charge in [-0.05, 0) is 78.4 Å². The van der Waals surface area contributed by atoms with Gasteiger partial charge in [-0.3, -0.25) is 4.79 Å². The number of carbonyl (C=O) groups excluding carboxylic acids is 2. The van der Waals surface area contributed by atoms with Crippen molar-refractivity contribution in [1.82, 2.24) is 0 Å². The minimum absolute atomic E-state index is 0.0586. The monoisotopic (exact) mass is 564 g/mol. The lowest BCUT2D eigenvalue weighted by Crippen LogP contribution is -2.21. The van der Waals surface area contributed by atoms with Crippen LogP contribution in [0.3, 0.4) is 0 Å². The number of hydrogen-bond acceptors (Lipinski definition) is 7. The molecule has 0 aliphatic carbocycles. The fourth-order valence-corrected chi connectivity index (χ4v) is 3.87. The smallest absolute Gasteiger partial charge is 0.344 e. The zero-order valence-electron chi connectivity index (χ0n) is 18.1. The molecule has 0 saturated heterocycles. The zero-order chi connectivity index (χ0) is 24.1. The number of hydrazone groups is 1. The topological polar surface area (TPSA) is 115 Å². The summed E-state index contributed by atoms with van der Waals surface area (Å²) < 4.78 is 16.5. The predicted molar refractivity (Wildman–Crippen MR) is 130 cm³/mol. The van der Waals surface area contributed by atoms with Crippen LogP contribution in [0, 0.1) is 3.57 Å². The molecule has 172 valence electrons. The van der Waals surface area contributed by atoms with E-state index in [0.29, 0.717) is 37.6 Å². The number of carboxylic acid groups (broad SMARTS) is 1. The van der Waals surface area contributed by atoms with Gasteiger partial charge in [0.05, 0.1) is 39.8 Å². The first kappa shape index (κ1) is 24.2. The number of nitrogens with zero attached hydrogens (tertiary/aromatic N) is 2. The van der Waals surface area contributed by atoms with E-state index < -0.39 is 11.9 Å². The van der Waals surface area contributed by atoms with Crippen molar-refractivity contribution in [2.45, 2.75) is 13.8 Å². The van der Waals surface area contributed by atoms with Crippen LogP contribution in [0.25, 0.3) is 6.08 Å². The number of anilines is 1. The maximum absolute atomic E-state index is 13.0. The molecule has 1 aliphatic rings. The normalized spacial score (nSPS) is 14.3. The van der Waals surface area contributed by atoms with E-state index in [9.17, 15) is 19.5 Å². The Kier molecular flexibility index (Phi) is 7.69. The molecule has 2 aromatic rings. The molecule has 1 heterocycles. The number of methoxy groups -OCH3 is 1. The Balaban J connectivity index is 1.88. The second kappa shape index (κ2) is 10.5. The van der Waals surface area contributed by atoms with E-state index in [1.54, 1.807) is 44.2 Å². The van der Waals surface area contributed by atoms with Crippen molar-refractivity contribution in [2.24, 2.45) is 5.10 Å². The van der Waals surface area contributed by atoms with Gasteiger partial charge >= 0.3 is 11.9 Å². The number of amides is 1. The molecular formula is C23H21IN2O7. The second-order valence-corrected chi connectivity index (χ2v) is 8.01. The van der Waals surface area contributed by atoms with Gasteiger partial charge in [0.15, 0.2) is 18.1 Å². The number of halogens is 1. The number of benzene rings is 2. The molecular weight excluding hydrogens is 543 g/mol. The summed E-state index contributed by atoms with van der Waals surface area (Å²) in [6.07, 6.45) is 1.67. The average molecular weight is 564 g/mol. The summed E-state index contributed by atoms with van der Waals surface area (Å²) in [5, 5.41) is 14.7. The largest absolute Gasteiger partial charge is 0.493 e. The summed E-state index contributed by atoms with van der Waals surface area (Å²) in [5.41, 5.74) is 1.92. The highest BCUT2D eigenvalue weighted by molar-refractivity contribution is 14.1. The zero-order valence-corrected chi connectivity index (χ0v) is 20.3. The molecule has 3 rings (SSSR count). The summed E-state index contributed by atoms with van der Waals surface area (Å²) in [7, 11) is 1.48. The summed E-state index contributed by atoms with van der Waals surface area (Å²) >= 11 is 2.06. The highest BCUT2D eigenvalue weighted by Gasteiger charge is 2.29. The Hall–Kier alpha value is -3.41. The third kappa shape index (κ3) is 5.51. The molecule has 0 spiro atoms. The van der Waals surface area contributed by atoms with Crippen molar-refractivity contribution in [3.63, 3.8) is 0 Å². The number of aromatic carboxylic acids is 1. The first-order valence-corrected chi connectivity index (χ1v) is 10.9. The van der Waals surface area contributed by atoms with Gasteiger partial charge in [0, 0.05) is 0 Å². The van der Waals surface area contributed by atoms with E-state index in [2.05, 4.69) is 27.7 Å². The SMILES string of the molecule is CCOC(=O)COc1c(I)cc(/C=C2\C(=O)N(c3cccc(C(=O)O)c3)N=C2C)cc1OC. The second-order valence-electron chi connectivity index (χ2n) is 6.84. The molecule has 2 aromatic carbocycles. The van der Waals surface area contributed by atoms with Crippen LogP contribution in [0.15, 0.2) is 47.1 Å². The van der Waals surface area contributed by atoms with Crippen molar-refractivity contribution >= 4 is 57.9 Å². The molecule has 0 radical (unpaired) electrons. The summed E-state index contributed by atoms with van der Waals surface area (Å²) in [4.78, 5) is 35.9. The van der Waals surface area contributed by atoms with Gasteiger partial charge in [-0.15, -0.1) is 0 Å². The number of hydrogen-bond donors (Lipinski definition) is 1. The van der Waals surface area contributed by atoms with E-state index >= 15 is 0 Å². The Morgan fingerprint density at radius 1 is 1.24 bits per heavy atom. The van der Waals surface area contributed by atoms with E-state index in [-0.39, 0.29) is 24.7 Å². The predicted octanol–water partition coefficient (Wildman–Crippen LogP) is 3.75. The molecule has 1 amide bonds. The van der Waals surface area contributed by atoms with Crippen molar-refractivity contribution in [2.75, 3.05) is 25.3 Å². The average Bonchev–Trinajstić information content (AvgIpc) is 3.06. The standard InChI is InChI=1S/C23H21IN2O7/c1-4-32-20(27)12-33-21-18(24)9-14(10-19(21)31-3)8-17-13(2)25-26(22(17)28)16-7-5-6-15(11-16)23(29)30/h5-11H,4,12H2,1-3H3,(H,29,30)/b17-8-. The lowest BCUT2D eigenvalue weighted by atomic mass is 10.1. The molecule has 0 atom stereocenters. The Morgan fingerprint density at radius 2 is 2.00 bits per heavy atom. The van der Waals surface area contributed by atoms with Crippen LogP contribution in [0.1, 0.15) is 29.8 Å². The molecule has 10 heteroatoms. The number of ether oxygens (including phenoxy) is 3. The summed E-state index contributed by atoms with van der Waals surface area (Å²) in [6, 6.07) is 9.47. The maximum atomic E-state index is 13.0. The Morgan fingerprint density at radius 3 is 2.67 bits per heavy atom. The van der Waals surface area contributed by atoms with E-state index in [4.69, 9.17) is 14.2 Å². The van der Waals surface area contributed by atoms with Crippen molar-refractivity contribution in [3.8, 4) is 11.5 Å². The van der Waals surface area contributed by atoms with Crippen LogP contribution >= 0.6 is 22.6 Å². The van der Waals surface area contributed by atoms with Gasteiger partial charge in [0.25, 0.3) is 5.91 Å². The van der Waals surface area contributed by atoms with Crippen LogP contribution in [0.2, 0.25) is 0 Å². The van der Waals surface area contributed by atoms with Crippen LogP contribution in [-0.4, -0.2) is 49.0 Å². The van der Waals surface area contributed by atoms with Gasteiger partial charge in [-0.2, -0.15) is 10.1 Å². The first-order valence-electron chi connectivity index (χ1n) is 9.86. The van der Waals surface area contributed by atoms with Gasteiger partial charge in [-0.1, -0.05) is 6.07 Å². The molecule has 0 fully saturated rings.